The Morgan fingerprint density at radius 3 is 1.54 bits per heavy atom. The van der Waals surface area contributed by atoms with Gasteiger partial charge in [0.15, 0.2) is 0 Å². The van der Waals surface area contributed by atoms with E-state index in [4.69, 9.17) is 4.42 Å². The summed E-state index contributed by atoms with van der Waals surface area (Å²) in [5.41, 5.74) is 17.2. The Labute approximate surface area is 305 Å². The summed E-state index contributed by atoms with van der Waals surface area (Å²) in [6.45, 7) is 4.34. The lowest BCUT2D eigenvalue weighted by Gasteiger charge is -2.37. The topological polar surface area (TPSA) is 19.6 Å². The van der Waals surface area contributed by atoms with Gasteiger partial charge >= 0.3 is 0 Å². The number of para-hydroxylation sites is 3. The normalized spacial score (nSPS) is 16.0. The molecular weight excluding hydrogens is 633 g/mol. The SMILES string of the molecule is Cc1cc(C)c2c(c1)oc1ccc(N(c3ccccc3)c3cccc4c3[C@]3(CCc5cccc(N(c6ccccc6)c6ccccc6)c53)CC4)cc12. The van der Waals surface area contributed by atoms with E-state index in [1.807, 2.05) is 0 Å². The largest absolute Gasteiger partial charge is 0.456 e. The molecule has 1 spiro atoms. The maximum atomic E-state index is 6.43. The van der Waals surface area contributed by atoms with Crippen molar-refractivity contribution in [2.24, 2.45) is 0 Å². The minimum Gasteiger partial charge on any atom is -0.456 e. The van der Waals surface area contributed by atoms with Gasteiger partial charge in [0.25, 0.3) is 0 Å². The number of benzene rings is 7. The molecule has 52 heavy (non-hydrogen) atoms. The summed E-state index contributed by atoms with van der Waals surface area (Å²) in [7, 11) is 0. The van der Waals surface area contributed by atoms with Gasteiger partial charge in [-0.05, 0) is 146 Å². The third-order valence-electron chi connectivity index (χ3n) is 11.5. The number of nitrogens with zero attached hydrogens (tertiary/aromatic N) is 2. The number of hydrogen-bond donors (Lipinski definition) is 0. The predicted octanol–water partition coefficient (Wildman–Crippen LogP) is 13.3. The number of anilines is 6. The van der Waals surface area contributed by atoms with Crippen molar-refractivity contribution in [3.05, 3.63) is 191 Å². The number of hydrogen-bond acceptors (Lipinski definition) is 3. The lowest BCUT2D eigenvalue weighted by Crippen LogP contribution is -2.27. The van der Waals surface area contributed by atoms with E-state index < -0.39 is 0 Å². The predicted molar refractivity (Wildman–Crippen MR) is 216 cm³/mol. The number of furan rings is 1. The van der Waals surface area contributed by atoms with Gasteiger partial charge in [0.1, 0.15) is 11.2 Å². The Bertz CT molecular complexity index is 2560. The smallest absolute Gasteiger partial charge is 0.135 e. The van der Waals surface area contributed by atoms with Crippen molar-refractivity contribution in [1.82, 2.24) is 0 Å². The maximum Gasteiger partial charge on any atom is 0.135 e. The quantitative estimate of drug-likeness (QED) is 0.175. The summed E-state index contributed by atoms with van der Waals surface area (Å²) in [4.78, 5) is 4.98. The summed E-state index contributed by atoms with van der Waals surface area (Å²) in [6, 6.07) is 57.8. The highest BCUT2D eigenvalue weighted by atomic mass is 16.3. The van der Waals surface area contributed by atoms with Crippen LogP contribution in [0, 0.1) is 13.8 Å². The first kappa shape index (κ1) is 30.7. The second-order valence-corrected chi connectivity index (χ2v) is 14.6. The van der Waals surface area contributed by atoms with Crippen molar-refractivity contribution in [2.75, 3.05) is 9.80 Å². The average Bonchev–Trinajstić information content (AvgIpc) is 3.87. The molecule has 7 aromatic carbocycles. The number of fused-ring (bicyclic) bond motifs is 7. The fraction of sp³-hybridized carbons (Fsp3) is 0.143. The van der Waals surface area contributed by atoms with Crippen molar-refractivity contribution in [3.8, 4) is 0 Å². The molecule has 3 nitrogen and oxygen atoms in total. The second kappa shape index (κ2) is 12.0. The molecule has 0 aliphatic heterocycles. The Kier molecular flexibility index (Phi) is 7.11. The minimum atomic E-state index is -0.132. The lowest BCUT2D eigenvalue weighted by atomic mass is 9.74. The molecule has 3 heteroatoms. The zero-order chi connectivity index (χ0) is 34.8. The standard InChI is InChI=1S/C49H40N2O/c1-33-30-34(2)46-41-32-40(24-25-44(41)52-45(46)31-33)51(39-20-10-5-11-21-39)43-23-13-15-36-27-29-49(48(36)43)28-26-35-14-12-22-42(47(35)49)50(37-16-6-3-7-17-37)38-18-8-4-9-19-38/h3-25,30-32H,26-29H2,1-2H3/t49-/m1/s1. The molecule has 0 bridgehead atoms. The molecule has 2 aliphatic rings. The number of aryl methyl sites for hydroxylation is 4. The fourth-order valence-corrected chi connectivity index (χ4v) is 9.51. The van der Waals surface area contributed by atoms with Gasteiger partial charge in [-0.25, -0.2) is 0 Å². The van der Waals surface area contributed by atoms with Crippen molar-refractivity contribution >= 4 is 56.1 Å². The van der Waals surface area contributed by atoms with Crippen molar-refractivity contribution in [3.63, 3.8) is 0 Å². The average molecular weight is 673 g/mol. The molecule has 0 unspecified atom stereocenters. The second-order valence-electron chi connectivity index (χ2n) is 14.6. The van der Waals surface area contributed by atoms with E-state index in [1.165, 1.54) is 61.5 Å². The zero-order valence-electron chi connectivity index (χ0n) is 29.6. The third kappa shape index (κ3) is 4.73. The van der Waals surface area contributed by atoms with Gasteiger partial charge in [-0.15, -0.1) is 0 Å². The highest BCUT2D eigenvalue weighted by molar-refractivity contribution is 6.08. The Morgan fingerprint density at radius 1 is 0.481 bits per heavy atom. The molecule has 0 saturated heterocycles. The van der Waals surface area contributed by atoms with Crippen LogP contribution in [0.15, 0.2) is 162 Å². The van der Waals surface area contributed by atoms with Crippen LogP contribution in [0.25, 0.3) is 21.9 Å². The van der Waals surface area contributed by atoms with Crippen LogP contribution in [-0.4, -0.2) is 0 Å². The van der Waals surface area contributed by atoms with Gasteiger partial charge in [0.2, 0.25) is 0 Å². The molecule has 1 heterocycles. The van der Waals surface area contributed by atoms with Crippen LogP contribution in [-0.2, 0) is 18.3 Å². The molecule has 252 valence electrons. The van der Waals surface area contributed by atoms with E-state index in [0.29, 0.717) is 0 Å². The Morgan fingerprint density at radius 2 is 1.00 bits per heavy atom. The number of rotatable bonds is 6. The molecule has 8 aromatic rings. The van der Waals surface area contributed by atoms with Gasteiger partial charge in [0.05, 0.1) is 11.4 Å². The molecule has 10 rings (SSSR count). The third-order valence-corrected chi connectivity index (χ3v) is 11.5. The Balaban J connectivity index is 1.21. The van der Waals surface area contributed by atoms with Crippen molar-refractivity contribution in [1.29, 1.82) is 0 Å². The van der Waals surface area contributed by atoms with Crippen LogP contribution in [0.4, 0.5) is 34.1 Å². The van der Waals surface area contributed by atoms with E-state index in [0.717, 1.165) is 53.6 Å². The van der Waals surface area contributed by atoms with Gasteiger partial charge in [-0.1, -0.05) is 84.9 Å². The highest BCUT2D eigenvalue weighted by Gasteiger charge is 2.49. The van der Waals surface area contributed by atoms with Gasteiger partial charge in [-0.3, -0.25) is 0 Å². The summed E-state index contributed by atoms with van der Waals surface area (Å²) in [6.07, 6.45) is 4.30. The molecule has 1 atom stereocenters. The lowest BCUT2D eigenvalue weighted by molar-refractivity contribution is 0.508. The summed E-state index contributed by atoms with van der Waals surface area (Å²) >= 11 is 0. The molecule has 0 amide bonds. The van der Waals surface area contributed by atoms with Gasteiger partial charge < -0.3 is 14.2 Å². The highest BCUT2D eigenvalue weighted by Crippen LogP contribution is 2.60. The first-order valence-electron chi connectivity index (χ1n) is 18.5. The minimum absolute atomic E-state index is 0.132. The summed E-state index contributed by atoms with van der Waals surface area (Å²) in [5, 5.41) is 2.35. The van der Waals surface area contributed by atoms with Crippen LogP contribution in [0.3, 0.4) is 0 Å². The van der Waals surface area contributed by atoms with E-state index in [2.05, 4.69) is 181 Å². The summed E-state index contributed by atoms with van der Waals surface area (Å²) in [5.74, 6) is 0. The van der Waals surface area contributed by atoms with Gasteiger partial charge in [0, 0.05) is 38.9 Å². The molecule has 0 N–H and O–H groups in total. The molecule has 0 fully saturated rings. The van der Waals surface area contributed by atoms with Crippen LogP contribution in [0.5, 0.6) is 0 Å². The Hall–Kier alpha value is -6.06. The van der Waals surface area contributed by atoms with E-state index in [1.54, 1.807) is 0 Å². The fourth-order valence-electron chi connectivity index (χ4n) is 9.51. The van der Waals surface area contributed by atoms with Crippen molar-refractivity contribution in [2.45, 2.75) is 44.9 Å². The molecule has 1 aromatic heterocycles. The molecule has 0 radical (unpaired) electrons. The van der Waals surface area contributed by atoms with E-state index in [9.17, 15) is 0 Å². The molecule has 0 saturated carbocycles. The monoisotopic (exact) mass is 672 g/mol. The van der Waals surface area contributed by atoms with E-state index in [-0.39, 0.29) is 5.41 Å². The van der Waals surface area contributed by atoms with Gasteiger partial charge in [-0.2, -0.15) is 0 Å². The molecule has 2 aliphatic carbocycles. The maximum absolute atomic E-state index is 6.43. The van der Waals surface area contributed by atoms with E-state index >= 15 is 0 Å². The summed E-state index contributed by atoms with van der Waals surface area (Å²) < 4.78 is 6.43. The van der Waals surface area contributed by atoms with Crippen LogP contribution >= 0.6 is 0 Å². The zero-order valence-corrected chi connectivity index (χ0v) is 29.6. The van der Waals surface area contributed by atoms with Crippen LogP contribution in [0.2, 0.25) is 0 Å². The first-order valence-corrected chi connectivity index (χ1v) is 18.5. The first-order chi connectivity index (χ1) is 25.6. The van der Waals surface area contributed by atoms with Crippen LogP contribution < -0.4 is 9.80 Å². The van der Waals surface area contributed by atoms with Crippen LogP contribution in [0.1, 0.15) is 46.2 Å². The molecular formula is C49H40N2O. The van der Waals surface area contributed by atoms with Crippen molar-refractivity contribution < 1.29 is 4.42 Å².